The zero-order valence-corrected chi connectivity index (χ0v) is 11.6. The van der Waals surface area contributed by atoms with Crippen LogP contribution in [-0.4, -0.2) is 23.3 Å². The fourth-order valence-corrected chi connectivity index (χ4v) is 3.05. The summed E-state index contributed by atoms with van der Waals surface area (Å²) in [5, 5.41) is 12.6. The molecule has 2 heterocycles. The summed E-state index contributed by atoms with van der Waals surface area (Å²) in [6.45, 7) is 7.47. The SMILES string of the molecule is CC(C)(C)c1nc(C2OCCCC2CO)cs1. The molecular weight excluding hydrogens is 234 g/mol. The van der Waals surface area contributed by atoms with Crippen LogP contribution >= 0.6 is 11.3 Å². The van der Waals surface area contributed by atoms with Gasteiger partial charge < -0.3 is 9.84 Å². The molecule has 1 saturated heterocycles. The number of aliphatic hydroxyl groups excluding tert-OH is 1. The molecule has 3 nitrogen and oxygen atoms in total. The summed E-state index contributed by atoms with van der Waals surface area (Å²) in [7, 11) is 0. The van der Waals surface area contributed by atoms with Crippen LogP contribution in [0.15, 0.2) is 5.38 Å². The average molecular weight is 255 g/mol. The highest BCUT2D eigenvalue weighted by Crippen LogP contribution is 2.35. The van der Waals surface area contributed by atoms with Gasteiger partial charge in [-0.05, 0) is 12.8 Å². The Morgan fingerprint density at radius 1 is 1.53 bits per heavy atom. The molecule has 0 aliphatic carbocycles. The van der Waals surface area contributed by atoms with Gasteiger partial charge in [0.05, 0.1) is 10.7 Å². The largest absolute Gasteiger partial charge is 0.396 e. The molecule has 17 heavy (non-hydrogen) atoms. The highest BCUT2D eigenvalue weighted by atomic mass is 32.1. The van der Waals surface area contributed by atoms with Crippen LogP contribution in [0, 0.1) is 5.92 Å². The Kier molecular flexibility index (Phi) is 3.85. The predicted octanol–water partition coefficient (Wildman–Crippen LogP) is 2.90. The fraction of sp³-hybridized carbons (Fsp3) is 0.769. The van der Waals surface area contributed by atoms with E-state index in [1.165, 1.54) is 0 Å². The topological polar surface area (TPSA) is 42.4 Å². The molecule has 1 fully saturated rings. The third-order valence-electron chi connectivity index (χ3n) is 3.13. The Morgan fingerprint density at radius 2 is 2.29 bits per heavy atom. The molecule has 0 bridgehead atoms. The van der Waals surface area contributed by atoms with E-state index in [-0.39, 0.29) is 24.0 Å². The van der Waals surface area contributed by atoms with Gasteiger partial charge >= 0.3 is 0 Å². The third kappa shape index (κ3) is 2.87. The number of ether oxygens (including phenoxy) is 1. The van der Waals surface area contributed by atoms with E-state index in [0.717, 1.165) is 30.2 Å². The molecule has 96 valence electrons. The molecule has 1 aliphatic rings. The Balaban J connectivity index is 2.18. The van der Waals surface area contributed by atoms with E-state index in [9.17, 15) is 5.11 Å². The molecule has 1 N–H and O–H groups in total. The molecule has 2 unspecified atom stereocenters. The van der Waals surface area contributed by atoms with Crippen molar-refractivity contribution in [1.29, 1.82) is 0 Å². The van der Waals surface area contributed by atoms with Crippen molar-refractivity contribution in [2.24, 2.45) is 5.92 Å². The van der Waals surface area contributed by atoms with Crippen LogP contribution in [0.5, 0.6) is 0 Å². The van der Waals surface area contributed by atoms with E-state index in [4.69, 9.17) is 4.74 Å². The van der Waals surface area contributed by atoms with Crippen molar-refractivity contribution in [3.63, 3.8) is 0 Å². The van der Waals surface area contributed by atoms with Gasteiger partial charge in [-0.25, -0.2) is 4.98 Å². The second-order valence-electron chi connectivity index (χ2n) is 5.70. The lowest BCUT2D eigenvalue weighted by atomic mass is 9.93. The van der Waals surface area contributed by atoms with Gasteiger partial charge in [-0.15, -0.1) is 11.3 Å². The van der Waals surface area contributed by atoms with Crippen LogP contribution in [-0.2, 0) is 10.2 Å². The first-order valence-corrected chi connectivity index (χ1v) is 7.08. The second-order valence-corrected chi connectivity index (χ2v) is 6.56. The van der Waals surface area contributed by atoms with Gasteiger partial charge in [-0.1, -0.05) is 20.8 Å². The van der Waals surface area contributed by atoms with Gasteiger partial charge in [-0.2, -0.15) is 0 Å². The molecule has 0 aromatic carbocycles. The second kappa shape index (κ2) is 5.04. The molecule has 1 aromatic heterocycles. The zero-order chi connectivity index (χ0) is 12.5. The summed E-state index contributed by atoms with van der Waals surface area (Å²) in [6, 6.07) is 0. The first kappa shape index (κ1) is 13.0. The maximum atomic E-state index is 9.39. The summed E-state index contributed by atoms with van der Waals surface area (Å²) < 4.78 is 5.78. The summed E-state index contributed by atoms with van der Waals surface area (Å²) in [5.74, 6) is 0.207. The molecule has 1 aromatic rings. The van der Waals surface area contributed by atoms with Crippen molar-refractivity contribution in [2.75, 3.05) is 13.2 Å². The van der Waals surface area contributed by atoms with Crippen LogP contribution in [0.2, 0.25) is 0 Å². The maximum Gasteiger partial charge on any atom is 0.105 e. The Morgan fingerprint density at radius 3 is 2.88 bits per heavy atom. The van der Waals surface area contributed by atoms with Crippen molar-refractivity contribution in [3.8, 4) is 0 Å². The number of hydrogen-bond acceptors (Lipinski definition) is 4. The van der Waals surface area contributed by atoms with Crippen LogP contribution in [0.25, 0.3) is 0 Å². The van der Waals surface area contributed by atoms with Crippen molar-refractivity contribution in [1.82, 2.24) is 4.98 Å². The standard InChI is InChI=1S/C13H21NO2S/c1-13(2,3)12-14-10(8-17-12)11-9(7-15)5-4-6-16-11/h8-9,11,15H,4-7H2,1-3H3. The van der Waals surface area contributed by atoms with E-state index in [1.54, 1.807) is 11.3 Å². The normalized spacial score (nSPS) is 26.1. The summed E-state index contributed by atoms with van der Waals surface area (Å²) in [6.07, 6.45) is 2.06. The van der Waals surface area contributed by atoms with E-state index >= 15 is 0 Å². The molecular formula is C13H21NO2S. The van der Waals surface area contributed by atoms with Crippen LogP contribution in [0.1, 0.15) is 50.4 Å². The van der Waals surface area contributed by atoms with E-state index in [0.29, 0.717) is 0 Å². The minimum atomic E-state index is -0.0129. The lowest BCUT2D eigenvalue weighted by Crippen LogP contribution is -2.25. The number of aliphatic hydroxyl groups is 1. The third-order valence-corrected chi connectivity index (χ3v) is 4.42. The first-order valence-electron chi connectivity index (χ1n) is 6.20. The molecule has 0 saturated carbocycles. The quantitative estimate of drug-likeness (QED) is 0.883. The highest BCUT2D eigenvalue weighted by molar-refractivity contribution is 7.09. The highest BCUT2D eigenvalue weighted by Gasteiger charge is 2.30. The number of nitrogens with zero attached hydrogens (tertiary/aromatic N) is 1. The smallest absolute Gasteiger partial charge is 0.105 e. The first-order chi connectivity index (χ1) is 8.02. The van der Waals surface area contributed by atoms with Crippen molar-refractivity contribution < 1.29 is 9.84 Å². The molecule has 0 amide bonds. The van der Waals surface area contributed by atoms with Crippen LogP contribution in [0.4, 0.5) is 0 Å². The fourth-order valence-electron chi connectivity index (χ4n) is 2.12. The molecule has 0 radical (unpaired) electrons. The minimum absolute atomic E-state index is 0.0129. The summed E-state index contributed by atoms with van der Waals surface area (Å²) >= 11 is 1.69. The Hall–Kier alpha value is -0.450. The predicted molar refractivity (Wildman–Crippen MR) is 69.3 cm³/mol. The van der Waals surface area contributed by atoms with E-state index in [1.807, 2.05) is 0 Å². The van der Waals surface area contributed by atoms with E-state index in [2.05, 4.69) is 31.1 Å². The average Bonchev–Trinajstić information content (AvgIpc) is 2.77. The zero-order valence-electron chi connectivity index (χ0n) is 10.8. The maximum absolute atomic E-state index is 9.39. The number of aromatic nitrogens is 1. The number of rotatable bonds is 2. The van der Waals surface area contributed by atoms with Crippen molar-refractivity contribution in [2.45, 2.75) is 45.1 Å². The lowest BCUT2D eigenvalue weighted by Gasteiger charge is -2.29. The van der Waals surface area contributed by atoms with Crippen LogP contribution < -0.4 is 0 Å². The molecule has 2 rings (SSSR count). The van der Waals surface area contributed by atoms with Gasteiger partial charge in [0.1, 0.15) is 6.10 Å². The molecule has 1 aliphatic heterocycles. The summed E-state index contributed by atoms with van der Waals surface area (Å²) in [5.41, 5.74) is 1.09. The minimum Gasteiger partial charge on any atom is -0.396 e. The van der Waals surface area contributed by atoms with Gasteiger partial charge in [0.2, 0.25) is 0 Å². The number of thiazole rings is 1. The summed E-state index contributed by atoms with van der Waals surface area (Å²) in [4.78, 5) is 4.69. The van der Waals surface area contributed by atoms with Crippen molar-refractivity contribution in [3.05, 3.63) is 16.1 Å². The molecule has 2 atom stereocenters. The van der Waals surface area contributed by atoms with Gasteiger partial charge in [0.15, 0.2) is 0 Å². The van der Waals surface area contributed by atoms with Gasteiger partial charge in [0, 0.05) is 29.9 Å². The number of hydrogen-bond donors (Lipinski definition) is 1. The Labute approximate surface area is 107 Å². The van der Waals surface area contributed by atoms with Gasteiger partial charge in [-0.3, -0.25) is 0 Å². The monoisotopic (exact) mass is 255 g/mol. The van der Waals surface area contributed by atoms with Crippen molar-refractivity contribution >= 4 is 11.3 Å². The lowest BCUT2D eigenvalue weighted by molar-refractivity contribution is -0.0477. The Bertz CT molecular complexity index is 370. The van der Waals surface area contributed by atoms with Crippen LogP contribution in [0.3, 0.4) is 0 Å². The van der Waals surface area contributed by atoms with Gasteiger partial charge in [0.25, 0.3) is 0 Å². The molecule has 0 spiro atoms. The van der Waals surface area contributed by atoms with E-state index < -0.39 is 0 Å². The molecule has 4 heteroatoms.